The van der Waals surface area contributed by atoms with E-state index in [-0.39, 0.29) is 18.6 Å². The summed E-state index contributed by atoms with van der Waals surface area (Å²) in [6.45, 7) is 2.57. The third kappa shape index (κ3) is 4.01. The van der Waals surface area contributed by atoms with E-state index in [1.807, 2.05) is 29.2 Å². The van der Waals surface area contributed by atoms with E-state index in [0.717, 1.165) is 32.2 Å². The number of rotatable bonds is 5. The minimum Gasteiger partial charge on any atom is -0.463 e. The van der Waals surface area contributed by atoms with Gasteiger partial charge in [-0.1, -0.05) is 25.1 Å². The molecule has 6 nitrogen and oxygen atoms in total. The summed E-state index contributed by atoms with van der Waals surface area (Å²) in [7, 11) is 0. The Kier molecular flexibility index (Phi) is 5.60. The summed E-state index contributed by atoms with van der Waals surface area (Å²) in [5.74, 6) is -0.0932. The molecule has 1 aromatic carbocycles. The number of benzene rings is 1. The van der Waals surface area contributed by atoms with Gasteiger partial charge in [-0.05, 0) is 49.9 Å². The number of likely N-dealkylation sites (tertiary alicyclic amines) is 1. The third-order valence-electron chi connectivity index (χ3n) is 5.46. The molecule has 0 saturated carbocycles. The zero-order valence-corrected chi connectivity index (χ0v) is 16.5. The molecular weight excluding hydrogens is 368 g/mol. The number of pyridine rings is 1. The van der Waals surface area contributed by atoms with Gasteiger partial charge in [-0.25, -0.2) is 9.78 Å². The van der Waals surface area contributed by atoms with E-state index in [1.54, 1.807) is 24.5 Å². The molecule has 0 N–H and O–H groups in total. The number of furan rings is 1. The number of carbonyl (C=O) groups excluding carboxylic acids is 2. The Morgan fingerprint density at radius 1 is 1.21 bits per heavy atom. The van der Waals surface area contributed by atoms with E-state index >= 15 is 0 Å². The summed E-state index contributed by atoms with van der Waals surface area (Å²) in [5.41, 5.74) is 1.59. The van der Waals surface area contributed by atoms with Gasteiger partial charge in [-0.3, -0.25) is 4.79 Å². The van der Waals surface area contributed by atoms with Gasteiger partial charge < -0.3 is 14.1 Å². The van der Waals surface area contributed by atoms with Crippen LogP contribution in [0.15, 0.2) is 53.1 Å². The average Bonchev–Trinajstić information content (AvgIpc) is 3.31. The van der Waals surface area contributed by atoms with Gasteiger partial charge >= 0.3 is 5.97 Å². The number of para-hydroxylation sites is 1. The molecule has 1 amide bonds. The van der Waals surface area contributed by atoms with E-state index in [9.17, 15) is 9.59 Å². The number of carbonyl (C=O) groups is 2. The number of hydrogen-bond donors (Lipinski definition) is 0. The number of ether oxygens (including phenoxy) is 1. The minimum atomic E-state index is -0.533. The topological polar surface area (TPSA) is 72.6 Å². The first-order valence-corrected chi connectivity index (χ1v) is 10.1. The number of hydrogen-bond acceptors (Lipinski definition) is 5. The molecule has 0 radical (unpaired) electrons. The van der Waals surface area contributed by atoms with Gasteiger partial charge in [0.05, 0.1) is 17.3 Å². The molecule has 1 aliphatic rings. The standard InChI is InChI=1S/C23H24N2O4/c1-2-16-8-5-6-12-25(16)22(26)15-29-23(27)18-14-20(21-11-7-13-28-21)24-19-10-4-3-9-17(18)19/h3-4,7,9-11,13-14,16H,2,5-6,8,12,15H2,1H3/t16-/m0/s1. The third-order valence-corrected chi connectivity index (χ3v) is 5.46. The smallest absolute Gasteiger partial charge is 0.339 e. The van der Waals surface area contributed by atoms with Crippen molar-refractivity contribution in [3.63, 3.8) is 0 Å². The van der Waals surface area contributed by atoms with E-state index in [1.165, 1.54) is 0 Å². The molecule has 1 atom stereocenters. The Balaban J connectivity index is 1.56. The van der Waals surface area contributed by atoms with Crippen LogP contribution < -0.4 is 0 Å². The Morgan fingerprint density at radius 3 is 2.86 bits per heavy atom. The summed E-state index contributed by atoms with van der Waals surface area (Å²) >= 11 is 0. The van der Waals surface area contributed by atoms with Crippen molar-refractivity contribution in [3.8, 4) is 11.5 Å². The Bertz CT molecular complexity index is 1010. The van der Waals surface area contributed by atoms with E-state index in [4.69, 9.17) is 9.15 Å². The molecule has 0 bridgehead atoms. The maximum atomic E-state index is 12.9. The SMILES string of the molecule is CC[C@H]1CCCCN1C(=O)COC(=O)c1cc(-c2ccco2)nc2ccccc12. The number of fused-ring (bicyclic) bond motifs is 1. The molecular formula is C23H24N2O4. The quantitative estimate of drug-likeness (QED) is 0.600. The maximum Gasteiger partial charge on any atom is 0.339 e. The van der Waals surface area contributed by atoms with E-state index in [2.05, 4.69) is 11.9 Å². The maximum absolute atomic E-state index is 12.9. The van der Waals surface area contributed by atoms with Crippen molar-refractivity contribution in [2.45, 2.75) is 38.6 Å². The molecule has 1 fully saturated rings. The van der Waals surface area contributed by atoms with Gasteiger partial charge in [0.25, 0.3) is 5.91 Å². The van der Waals surface area contributed by atoms with Crippen LogP contribution in [0.1, 0.15) is 43.0 Å². The van der Waals surface area contributed by atoms with Crippen molar-refractivity contribution in [1.29, 1.82) is 0 Å². The summed E-state index contributed by atoms with van der Waals surface area (Å²) in [6.07, 6.45) is 5.63. The van der Waals surface area contributed by atoms with Gasteiger partial charge in [0, 0.05) is 18.0 Å². The lowest BCUT2D eigenvalue weighted by Crippen LogP contribution is -2.45. The lowest BCUT2D eigenvalue weighted by molar-refractivity contribution is -0.138. The summed E-state index contributed by atoms with van der Waals surface area (Å²) in [6, 6.07) is 12.8. The molecule has 4 rings (SSSR count). The molecule has 0 spiro atoms. The second-order valence-electron chi connectivity index (χ2n) is 7.27. The zero-order valence-electron chi connectivity index (χ0n) is 16.5. The summed E-state index contributed by atoms with van der Waals surface area (Å²) < 4.78 is 10.9. The van der Waals surface area contributed by atoms with Crippen LogP contribution in [0.25, 0.3) is 22.4 Å². The highest BCUT2D eigenvalue weighted by Crippen LogP contribution is 2.26. The van der Waals surface area contributed by atoms with Crippen molar-refractivity contribution < 1.29 is 18.7 Å². The van der Waals surface area contributed by atoms with Crippen LogP contribution >= 0.6 is 0 Å². The average molecular weight is 392 g/mol. The van der Waals surface area contributed by atoms with Gasteiger partial charge in [0.15, 0.2) is 12.4 Å². The largest absolute Gasteiger partial charge is 0.463 e. The number of amides is 1. The van der Waals surface area contributed by atoms with Crippen LogP contribution in [0.5, 0.6) is 0 Å². The number of aromatic nitrogens is 1. The molecule has 0 unspecified atom stereocenters. The van der Waals surface area contributed by atoms with Crippen molar-refractivity contribution in [2.24, 2.45) is 0 Å². The molecule has 1 saturated heterocycles. The first kappa shape index (κ1) is 19.2. The van der Waals surface area contributed by atoms with Crippen LogP contribution in [-0.4, -0.2) is 41.0 Å². The first-order chi connectivity index (χ1) is 14.2. The Hall–Kier alpha value is -3.15. The minimum absolute atomic E-state index is 0.130. The van der Waals surface area contributed by atoms with Crippen molar-refractivity contribution in [1.82, 2.24) is 9.88 Å². The number of esters is 1. The molecule has 3 aromatic rings. The fourth-order valence-corrected chi connectivity index (χ4v) is 3.94. The van der Waals surface area contributed by atoms with Crippen LogP contribution in [0.2, 0.25) is 0 Å². The lowest BCUT2D eigenvalue weighted by atomic mass is 10.00. The number of piperidine rings is 1. The van der Waals surface area contributed by atoms with Crippen LogP contribution in [0.4, 0.5) is 0 Å². The molecule has 0 aliphatic carbocycles. The summed E-state index contributed by atoms with van der Waals surface area (Å²) in [4.78, 5) is 31.9. The zero-order chi connectivity index (χ0) is 20.2. The normalized spacial score (nSPS) is 16.7. The van der Waals surface area contributed by atoms with Gasteiger partial charge in [0.1, 0.15) is 5.69 Å². The molecule has 150 valence electrons. The van der Waals surface area contributed by atoms with E-state index in [0.29, 0.717) is 27.9 Å². The predicted octanol–water partition coefficient (Wildman–Crippen LogP) is 4.44. The van der Waals surface area contributed by atoms with E-state index < -0.39 is 5.97 Å². The highest BCUT2D eigenvalue weighted by atomic mass is 16.5. The van der Waals surface area contributed by atoms with Crippen LogP contribution in [0, 0.1) is 0 Å². The molecule has 3 heterocycles. The Labute approximate surface area is 169 Å². The monoisotopic (exact) mass is 392 g/mol. The fraction of sp³-hybridized carbons (Fsp3) is 0.348. The second-order valence-corrected chi connectivity index (χ2v) is 7.27. The highest BCUT2D eigenvalue weighted by Gasteiger charge is 2.26. The molecule has 6 heteroatoms. The summed E-state index contributed by atoms with van der Waals surface area (Å²) in [5, 5.41) is 0.685. The van der Waals surface area contributed by atoms with Crippen molar-refractivity contribution in [2.75, 3.05) is 13.2 Å². The first-order valence-electron chi connectivity index (χ1n) is 10.1. The van der Waals surface area contributed by atoms with Crippen molar-refractivity contribution in [3.05, 3.63) is 54.3 Å². The second kappa shape index (κ2) is 8.47. The molecule has 2 aromatic heterocycles. The van der Waals surface area contributed by atoms with Crippen LogP contribution in [0.3, 0.4) is 0 Å². The molecule has 1 aliphatic heterocycles. The van der Waals surface area contributed by atoms with Crippen molar-refractivity contribution >= 4 is 22.8 Å². The van der Waals surface area contributed by atoms with Gasteiger partial charge in [-0.15, -0.1) is 0 Å². The highest BCUT2D eigenvalue weighted by molar-refractivity contribution is 6.05. The van der Waals surface area contributed by atoms with Crippen LogP contribution in [-0.2, 0) is 9.53 Å². The lowest BCUT2D eigenvalue weighted by Gasteiger charge is -2.35. The fourth-order valence-electron chi connectivity index (χ4n) is 3.94. The molecule has 29 heavy (non-hydrogen) atoms. The number of nitrogens with zero attached hydrogens (tertiary/aromatic N) is 2. The van der Waals surface area contributed by atoms with Gasteiger partial charge in [0.2, 0.25) is 0 Å². The van der Waals surface area contributed by atoms with Gasteiger partial charge in [-0.2, -0.15) is 0 Å². The predicted molar refractivity (Wildman–Crippen MR) is 109 cm³/mol. The Morgan fingerprint density at radius 2 is 2.07 bits per heavy atom.